The summed E-state index contributed by atoms with van der Waals surface area (Å²) < 4.78 is 17.1. The Morgan fingerprint density at radius 1 is 0.886 bits per heavy atom. The molecule has 0 radical (unpaired) electrons. The lowest BCUT2D eigenvalue weighted by atomic mass is 10.2. The van der Waals surface area contributed by atoms with E-state index in [1.54, 1.807) is 86.2 Å². The molecule has 0 saturated carbocycles. The summed E-state index contributed by atoms with van der Waals surface area (Å²) in [5.74, 6) is 0.493. The SMILES string of the molecule is COc1ccc(NC(=O)CSc2nc(-c3ccncc3)nn2CC(=O)Nc2ccc(NC(=O)c3ccco3)c(OC)c2)cc1. The molecule has 0 spiro atoms. The lowest BCUT2D eigenvalue weighted by Gasteiger charge is -2.12. The fourth-order valence-corrected chi connectivity index (χ4v) is 4.70. The van der Waals surface area contributed by atoms with Gasteiger partial charge in [0.25, 0.3) is 5.91 Å². The van der Waals surface area contributed by atoms with Crippen LogP contribution in [0.15, 0.2) is 95.0 Å². The van der Waals surface area contributed by atoms with Crippen molar-refractivity contribution >= 4 is 46.5 Å². The number of rotatable bonds is 12. The normalized spacial score (nSPS) is 10.6. The number of nitrogens with one attached hydrogen (secondary N) is 3. The summed E-state index contributed by atoms with van der Waals surface area (Å²) in [4.78, 5) is 46.7. The summed E-state index contributed by atoms with van der Waals surface area (Å²) in [5.41, 5.74) is 2.17. The molecule has 14 heteroatoms. The third-order valence-corrected chi connectivity index (χ3v) is 7.02. The molecule has 0 bridgehead atoms. The van der Waals surface area contributed by atoms with E-state index in [9.17, 15) is 14.4 Å². The summed E-state index contributed by atoms with van der Waals surface area (Å²) in [6, 6.07) is 18.5. The summed E-state index contributed by atoms with van der Waals surface area (Å²) in [6.45, 7) is -0.181. The van der Waals surface area contributed by atoms with E-state index in [-0.39, 0.29) is 24.0 Å². The number of hydrogen-bond acceptors (Lipinski definition) is 10. The first-order chi connectivity index (χ1) is 21.4. The van der Waals surface area contributed by atoms with Gasteiger partial charge in [0.05, 0.1) is 31.9 Å². The average Bonchev–Trinajstić information content (AvgIpc) is 3.72. The number of pyridine rings is 1. The van der Waals surface area contributed by atoms with Gasteiger partial charge in [0.2, 0.25) is 11.8 Å². The fraction of sp³-hybridized carbons (Fsp3) is 0.133. The molecule has 3 N–H and O–H groups in total. The maximum atomic E-state index is 13.1. The van der Waals surface area contributed by atoms with Crippen molar-refractivity contribution in [3.8, 4) is 22.9 Å². The first-order valence-electron chi connectivity index (χ1n) is 13.2. The fourth-order valence-electron chi connectivity index (χ4n) is 3.96. The van der Waals surface area contributed by atoms with Crippen LogP contribution in [0.2, 0.25) is 0 Å². The molecule has 3 amide bonds. The van der Waals surface area contributed by atoms with E-state index in [1.165, 1.54) is 18.1 Å². The van der Waals surface area contributed by atoms with Crippen molar-refractivity contribution in [2.45, 2.75) is 11.7 Å². The van der Waals surface area contributed by atoms with Gasteiger partial charge in [0.15, 0.2) is 16.7 Å². The molecule has 5 rings (SSSR count). The molecule has 0 saturated heterocycles. The maximum absolute atomic E-state index is 13.1. The molecule has 5 aromatic rings. The largest absolute Gasteiger partial charge is 0.497 e. The number of amides is 3. The summed E-state index contributed by atoms with van der Waals surface area (Å²) in [7, 11) is 3.02. The van der Waals surface area contributed by atoms with Gasteiger partial charge >= 0.3 is 0 Å². The van der Waals surface area contributed by atoms with Crippen LogP contribution in [0, 0.1) is 0 Å². The minimum Gasteiger partial charge on any atom is -0.497 e. The first-order valence-corrected chi connectivity index (χ1v) is 14.1. The predicted octanol–water partition coefficient (Wildman–Crippen LogP) is 4.57. The molecule has 0 aliphatic carbocycles. The minimum atomic E-state index is -0.441. The highest BCUT2D eigenvalue weighted by molar-refractivity contribution is 7.99. The smallest absolute Gasteiger partial charge is 0.291 e. The number of furan rings is 1. The Hall–Kier alpha value is -5.63. The molecule has 0 fully saturated rings. The van der Waals surface area contributed by atoms with Gasteiger partial charge in [0, 0.05) is 35.4 Å². The number of hydrogen-bond donors (Lipinski definition) is 3. The average molecular weight is 614 g/mol. The van der Waals surface area contributed by atoms with Crippen LogP contribution in [0.5, 0.6) is 11.5 Å². The molecule has 0 unspecified atom stereocenters. The lowest BCUT2D eigenvalue weighted by Crippen LogP contribution is -2.21. The van der Waals surface area contributed by atoms with E-state index >= 15 is 0 Å². The van der Waals surface area contributed by atoms with Gasteiger partial charge in [-0.3, -0.25) is 19.4 Å². The van der Waals surface area contributed by atoms with E-state index in [1.807, 2.05) is 0 Å². The zero-order valence-corrected chi connectivity index (χ0v) is 24.5. The highest BCUT2D eigenvalue weighted by Gasteiger charge is 2.18. The number of ether oxygens (including phenoxy) is 2. The molecule has 2 aromatic carbocycles. The number of benzene rings is 2. The number of nitrogens with zero attached hydrogens (tertiary/aromatic N) is 4. The van der Waals surface area contributed by atoms with E-state index in [2.05, 4.69) is 31.0 Å². The van der Waals surface area contributed by atoms with E-state index in [0.29, 0.717) is 45.1 Å². The second-order valence-corrected chi connectivity index (χ2v) is 10.0. The van der Waals surface area contributed by atoms with Crippen LogP contribution < -0.4 is 25.4 Å². The molecule has 3 aromatic heterocycles. The molecule has 0 aliphatic rings. The van der Waals surface area contributed by atoms with E-state index < -0.39 is 11.8 Å². The van der Waals surface area contributed by atoms with Gasteiger partial charge in [0.1, 0.15) is 18.0 Å². The van der Waals surface area contributed by atoms with Crippen LogP contribution in [-0.4, -0.2) is 57.4 Å². The van der Waals surface area contributed by atoms with Crippen LogP contribution in [0.25, 0.3) is 11.4 Å². The number of methoxy groups -OCH3 is 2. The van der Waals surface area contributed by atoms with Gasteiger partial charge in [-0.1, -0.05) is 11.8 Å². The third-order valence-electron chi connectivity index (χ3n) is 6.05. The summed E-state index contributed by atoms with van der Waals surface area (Å²) in [5, 5.41) is 13.2. The second kappa shape index (κ2) is 14.0. The standard InChI is InChI=1S/C30H27N7O6S/c1-41-22-8-5-20(6-9-22)32-27(39)18-44-30-35-28(19-11-13-31-14-12-19)36-37(30)17-26(38)33-21-7-10-23(25(16-21)42-2)34-29(40)24-4-3-15-43-24/h3-16H,17-18H2,1-2H3,(H,32,39)(H,33,38)(H,34,40). The number of carbonyl (C=O) groups is 3. The Morgan fingerprint density at radius 2 is 1.64 bits per heavy atom. The van der Waals surface area contributed by atoms with Crippen molar-refractivity contribution in [2.24, 2.45) is 0 Å². The molecular formula is C30H27N7O6S. The van der Waals surface area contributed by atoms with Gasteiger partial charge in [-0.2, -0.15) is 0 Å². The molecule has 0 aliphatic heterocycles. The monoisotopic (exact) mass is 613 g/mol. The van der Waals surface area contributed by atoms with Crippen molar-refractivity contribution in [2.75, 3.05) is 35.9 Å². The van der Waals surface area contributed by atoms with Gasteiger partial charge in [-0.15, -0.1) is 5.10 Å². The molecule has 0 atom stereocenters. The zero-order valence-electron chi connectivity index (χ0n) is 23.6. The van der Waals surface area contributed by atoms with Crippen molar-refractivity contribution in [1.82, 2.24) is 19.7 Å². The van der Waals surface area contributed by atoms with Crippen molar-refractivity contribution in [1.29, 1.82) is 0 Å². The van der Waals surface area contributed by atoms with Crippen LogP contribution in [0.3, 0.4) is 0 Å². The molecule has 44 heavy (non-hydrogen) atoms. The summed E-state index contributed by atoms with van der Waals surface area (Å²) in [6.07, 6.45) is 4.64. The van der Waals surface area contributed by atoms with Crippen molar-refractivity contribution in [3.05, 3.63) is 91.1 Å². The predicted molar refractivity (Wildman–Crippen MR) is 164 cm³/mol. The Bertz CT molecular complexity index is 1740. The zero-order chi connectivity index (χ0) is 30.9. The number of anilines is 3. The van der Waals surface area contributed by atoms with Gasteiger partial charge < -0.3 is 29.8 Å². The highest BCUT2D eigenvalue weighted by atomic mass is 32.2. The number of thioether (sulfide) groups is 1. The molecule has 224 valence electrons. The van der Waals surface area contributed by atoms with Crippen LogP contribution >= 0.6 is 11.8 Å². The van der Waals surface area contributed by atoms with Crippen LogP contribution in [0.4, 0.5) is 17.1 Å². The molecule has 13 nitrogen and oxygen atoms in total. The van der Waals surface area contributed by atoms with Crippen molar-refractivity contribution in [3.63, 3.8) is 0 Å². The first kappa shape index (κ1) is 29.8. The molecular weight excluding hydrogens is 586 g/mol. The topological polar surface area (TPSA) is 162 Å². The minimum absolute atomic E-state index is 0.0323. The Kier molecular flexibility index (Phi) is 9.51. The maximum Gasteiger partial charge on any atom is 0.291 e. The number of aromatic nitrogens is 4. The number of carbonyl (C=O) groups excluding carboxylic acids is 3. The van der Waals surface area contributed by atoms with E-state index in [4.69, 9.17) is 13.9 Å². The Morgan fingerprint density at radius 3 is 2.34 bits per heavy atom. The highest BCUT2D eigenvalue weighted by Crippen LogP contribution is 2.29. The van der Waals surface area contributed by atoms with Crippen molar-refractivity contribution < 1.29 is 28.3 Å². The Labute approximate surface area is 256 Å². The lowest BCUT2D eigenvalue weighted by molar-refractivity contribution is -0.117. The second-order valence-electron chi connectivity index (χ2n) is 9.07. The van der Waals surface area contributed by atoms with Crippen LogP contribution in [0.1, 0.15) is 10.6 Å². The Balaban J connectivity index is 1.27. The molecule has 3 heterocycles. The quantitative estimate of drug-likeness (QED) is 0.170. The van der Waals surface area contributed by atoms with Crippen LogP contribution in [-0.2, 0) is 16.1 Å². The summed E-state index contributed by atoms with van der Waals surface area (Å²) >= 11 is 1.15. The van der Waals surface area contributed by atoms with Gasteiger partial charge in [-0.25, -0.2) is 9.67 Å². The van der Waals surface area contributed by atoms with Gasteiger partial charge in [-0.05, 0) is 60.7 Å². The van der Waals surface area contributed by atoms with E-state index in [0.717, 1.165) is 11.8 Å². The third kappa shape index (κ3) is 7.60.